The third-order valence-corrected chi connectivity index (χ3v) is 3.92. The van der Waals surface area contributed by atoms with E-state index in [-0.39, 0.29) is 18.7 Å². The molecule has 1 aromatic carbocycles. The number of aryl methyl sites for hydroxylation is 1. The van der Waals surface area contributed by atoms with Crippen LogP contribution in [0.2, 0.25) is 0 Å². The molecule has 0 fully saturated rings. The molecule has 3 rings (SSSR count). The number of nitrogens with zero attached hydrogens (tertiary/aromatic N) is 1. The fourth-order valence-electron chi connectivity index (χ4n) is 2.71. The SMILES string of the molecule is CC(CCc1[nH]nc2ccccc12)NC(CO)c1ccco1. The summed E-state index contributed by atoms with van der Waals surface area (Å²) in [6.45, 7) is 2.13. The van der Waals surface area contributed by atoms with E-state index in [1.54, 1.807) is 6.26 Å². The molecule has 2 aromatic heterocycles. The van der Waals surface area contributed by atoms with Gasteiger partial charge in [0.2, 0.25) is 0 Å². The Morgan fingerprint density at radius 2 is 2.14 bits per heavy atom. The van der Waals surface area contributed by atoms with Crippen molar-refractivity contribution in [3.05, 3.63) is 54.1 Å². The third-order valence-electron chi connectivity index (χ3n) is 3.92. The number of H-pyrrole nitrogens is 1. The molecule has 2 heterocycles. The van der Waals surface area contributed by atoms with Gasteiger partial charge in [-0.2, -0.15) is 5.10 Å². The molecule has 0 radical (unpaired) electrons. The molecule has 0 amide bonds. The van der Waals surface area contributed by atoms with Crippen molar-refractivity contribution in [2.75, 3.05) is 6.61 Å². The summed E-state index contributed by atoms with van der Waals surface area (Å²) in [4.78, 5) is 0. The van der Waals surface area contributed by atoms with Crippen LogP contribution in [0.5, 0.6) is 0 Å². The summed E-state index contributed by atoms with van der Waals surface area (Å²) in [5.74, 6) is 0.765. The number of nitrogens with one attached hydrogen (secondary N) is 2. The molecule has 0 bridgehead atoms. The van der Waals surface area contributed by atoms with Gasteiger partial charge in [0.1, 0.15) is 5.76 Å². The number of furan rings is 1. The number of hydrogen-bond acceptors (Lipinski definition) is 4. The number of para-hydroxylation sites is 1. The predicted molar refractivity (Wildman–Crippen MR) is 85.5 cm³/mol. The van der Waals surface area contributed by atoms with E-state index in [4.69, 9.17) is 4.42 Å². The Balaban J connectivity index is 1.59. The van der Waals surface area contributed by atoms with Gasteiger partial charge in [-0.1, -0.05) is 18.2 Å². The highest BCUT2D eigenvalue weighted by Crippen LogP contribution is 2.18. The molecule has 3 aromatic rings. The summed E-state index contributed by atoms with van der Waals surface area (Å²) < 4.78 is 5.36. The Bertz CT molecular complexity index is 706. The quantitative estimate of drug-likeness (QED) is 0.627. The van der Waals surface area contributed by atoms with E-state index in [0.717, 1.165) is 29.8 Å². The summed E-state index contributed by atoms with van der Waals surface area (Å²) in [5.41, 5.74) is 2.16. The fraction of sp³-hybridized carbons (Fsp3) is 0.353. The lowest BCUT2D eigenvalue weighted by molar-refractivity contribution is 0.215. The number of hydrogen-bond donors (Lipinski definition) is 3. The van der Waals surface area contributed by atoms with Gasteiger partial charge in [-0.3, -0.25) is 5.10 Å². The normalized spacial score (nSPS) is 14.3. The second-order valence-electron chi connectivity index (χ2n) is 5.58. The summed E-state index contributed by atoms with van der Waals surface area (Å²) in [6.07, 6.45) is 3.48. The van der Waals surface area contributed by atoms with E-state index in [9.17, 15) is 5.11 Å². The van der Waals surface area contributed by atoms with Crippen molar-refractivity contribution in [1.82, 2.24) is 15.5 Å². The van der Waals surface area contributed by atoms with Crippen LogP contribution in [0, 0.1) is 0 Å². The molecule has 0 aliphatic carbocycles. The first kappa shape index (κ1) is 14.8. The van der Waals surface area contributed by atoms with Crippen LogP contribution < -0.4 is 5.32 Å². The second-order valence-corrected chi connectivity index (χ2v) is 5.58. The van der Waals surface area contributed by atoms with Gasteiger partial charge in [0.05, 0.1) is 24.4 Å². The monoisotopic (exact) mass is 299 g/mol. The second kappa shape index (κ2) is 6.77. The van der Waals surface area contributed by atoms with Gasteiger partial charge in [0.25, 0.3) is 0 Å². The van der Waals surface area contributed by atoms with Gasteiger partial charge in [-0.15, -0.1) is 0 Å². The van der Waals surface area contributed by atoms with E-state index in [1.807, 2.05) is 30.3 Å². The van der Waals surface area contributed by atoms with Crippen molar-refractivity contribution in [2.45, 2.75) is 31.8 Å². The molecule has 2 atom stereocenters. The number of benzene rings is 1. The highest BCUT2D eigenvalue weighted by atomic mass is 16.3. The van der Waals surface area contributed by atoms with E-state index in [1.165, 1.54) is 5.39 Å². The highest BCUT2D eigenvalue weighted by molar-refractivity contribution is 5.81. The zero-order valence-corrected chi connectivity index (χ0v) is 12.6. The molecule has 0 spiro atoms. The molecule has 3 N–H and O–H groups in total. The van der Waals surface area contributed by atoms with Crippen LogP contribution in [0.1, 0.15) is 30.8 Å². The molecular formula is C17H21N3O2. The topological polar surface area (TPSA) is 74.1 Å². The van der Waals surface area contributed by atoms with Gasteiger partial charge in [0, 0.05) is 17.1 Å². The van der Waals surface area contributed by atoms with Crippen LogP contribution in [0.25, 0.3) is 10.9 Å². The summed E-state index contributed by atoms with van der Waals surface area (Å²) in [7, 11) is 0. The maximum Gasteiger partial charge on any atom is 0.123 e. The minimum atomic E-state index is -0.163. The number of rotatable bonds is 7. The molecule has 0 aliphatic rings. The van der Waals surface area contributed by atoms with Crippen LogP contribution in [-0.4, -0.2) is 28.0 Å². The highest BCUT2D eigenvalue weighted by Gasteiger charge is 2.16. The van der Waals surface area contributed by atoms with E-state index >= 15 is 0 Å². The molecule has 2 unspecified atom stereocenters. The first-order valence-corrected chi connectivity index (χ1v) is 7.60. The standard InChI is InChI=1S/C17H21N3O2/c1-12(18-16(11-21)17-7-4-10-22-17)8-9-15-13-5-2-3-6-14(13)19-20-15/h2-7,10,12,16,18,21H,8-9,11H2,1H3,(H,19,20). The van der Waals surface area contributed by atoms with Gasteiger partial charge in [-0.25, -0.2) is 0 Å². The molecule has 116 valence electrons. The van der Waals surface area contributed by atoms with Crippen LogP contribution in [0.15, 0.2) is 47.1 Å². The van der Waals surface area contributed by atoms with Crippen molar-refractivity contribution in [3.63, 3.8) is 0 Å². The van der Waals surface area contributed by atoms with Crippen molar-refractivity contribution in [2.24, 2.45) is 0 Å². The van der Waals surface area contributed by atoms with Crippen LogP contribution in [-0.2, 0) is 6.42 Å². The summed E-state index contributed by atoms with van der Waals surface area (Å²) in [6, 6.07) is 11.9. The smallest absolute Gasteiger partial charge is 0.123 e. The van der Waals surface area contributed by atoms with E-state index in [0.29, 0.717) is 0 Å². The molecular weight excluding hydrogens is 278 g/mol. The van der Waals surface area contributed by atoms with Crippen molar-refractivity contribution < 1.29 is 9.52 Å². The van der Waals surface area contributed by atoms with Crippen LogP contribution >= 0.6 is 0 Å². The lowest BCUT2D eigenvalue weighted by atomic mass is 10.1. The number of aromatic amines is 1. The van der Waals surface area contributed by atoms with Crippen LogP contribution in [0.4, 0.5) is 0 Å². The first-order valence-electron chi connectivity index (χ1n) is 7.60. The maximum absolute atomic E-state index is 9.50. The van der Waals surface area contributed by atoms with Gasteiger partial charge < -0.3 is 14.8 Å². The number of fused-ring (bicyclic) bond motifs is 1. The van der Waals surface area contributed by atoms with Crippen molar-refractivity contribution >= 4 is 10.9 Å². The summed E-state index contributed by atoms with van der Waals surface area (Å²) >= 11 is 0. The summed E-state index contributed by atoms with van der Waals surface area (Å²) in [5, 5.41) is 21.5. The lowest BCUT2D eigenvalue weighted by Crippen LogP contribution is -2.32. The number of aliphatic hydroxyl groups is 1. The Labute approximate surface area is 129 Å². The Morgan fingerprint density at radius 3 is 2.91 bits per heavy atom. The molecule has 5 nitrogen and oxygen atoms in total. The third kappa shape index (κ3) is 3.21. The Hall–Kier alpha value is -2.11. The van der Waals surface area contributed by atoms with E-state index < -0.39 is 0 Å². The number of aliphatic hydroxyl groups excluding tert-OH is 1. The largest absolute Gasteiger partial charge is 0.468 e. The minimum Gasteiger partial charge on any atom is -0.468 e. The predicted octanol–water partition coefficient (Wildman–Crippen LogP) is 2.80. The Kier molecular flexibility index (Phi) is 4.56. The van der Waals surface area contributed by atoms with Gasteiger partial charge in [-0.05, 0) is 38.0 Å². The van der Waals surface area contributed by atoms with Gasteiger partial charge in [0.15, 0.2) is 0 Å². The van der Waals surface area contributed by atoms with Crippen molar-refractivity contribution in [3.8, 4) is 0 Å². The first-order chi connectivity index (χ1) is 10.8. The molecule has 0 saturated heterocycles. The maximum atomic E-state index is 9.50. The van der Waals surface area contributed by atoms with E-state index in [2.05, 4.69) is 28.5 Å². The molecule has 5 heteroatoms. The molecule has 0 saturated carbocycles. The number of aromatic nitrogens is 2. The Morgan fingerprint density at radius 1 is 1.27 bits per heavy atom. The van der Waals surface area contributed by atoms with Gasteiger partial charge >= 0.3 is 0 Å². The fourth-order valence-corrected chi connectivity index (χ4v) is 2.71. The minimum absolute atomic E-state index is 0.0187. The molecule has 22 heavy (non-hydrogen) atoms. The zero-order chi connectivity index (χ0) is 15.4. The zero-order valence-electron chi connectivity index (χ0n) is 12.6. The average molecular weight is 299 g/mol. The lowest BCUT2D eigenvalue weighted by Gasteiger charge is -2.20. The van der Waals surface area contributed by atoms with Crippen LogP contribution in [0.3, 0.4) is 0 Å². The average Bonchev–Trinajstić information content (AvgIpc) is 3.20. The van der Waals surface area contributed by atoms with Crippen molar-refractivity contribution in [1.29, 1.82) is 0 Å². The molecule has 0 aliphatic heterocycles.